The van der Waals surface area contributed by atoms with Gasteiger partial charge in [-0.15, -0.1) is 0 Å². The molecule has 5 nitrogen and oxygen atoms in total. The Bertz CT molecular complexity index is 791. The summed E-state index contributed by atoms with van der Waals surface area (Å²) in [5, 5.41) is 3.20. The summed E-state index contributed by atoms with van der Waals surface area (Å²) in [6.07, 6.45) is 0.799. The second-order valence-corrected chi connectivity index (χ2v) is 7.05. The van der Waals surface area contributed by atoms with E-state index in [0.29, 0.717) is 26.2 Å². The van der Waals surface area contributed by atoms with Crippen LogP contribution in [-0.2, 0) is 4.79 Å². The number of benzene rings is 2. The van der Waals surface area contributed by atoms with E-state index in [1.165, 1.54) is 0 Å². The van der Waals surface area contributed by atoms with Gasteiger partial charge in [0, 0.05) is 33.1 Å². The summed E-state index contributed by atoms with van der Waals surface area (Å²) < 4.78 is 0. The fourth-order valence-electron chi connectivity index (χ4n) is 3.50. The van der Waals surface area contributed by atoms with E-state index in [2.05, 4.69) is 24.4 Å². The minimum atomic E-state index is -0.203. The lowest BCUT2D eigenvalue weighted by Crippen LogP contribution is -2.44. The van der Waals surface area contributed by atoms with Crippen molar-refractivity contribution in [2.24, 2.45) is 0 Å². The summed E-state index contributed by atoms with van der Waals surface area (Å²) >= 11 is 0. The van der Waals surface area contributed by atoms with Gasteiger partial charge in [0.15, 0.2) is 0 Å². The van der Waals surface area contributed by atoms with Gasteiger partial charge in [0.05, 0.1) is 6.04 Å². The molecule has 0 saturated carbocycles. The topological polar surface area (TPSA) is 52.7 Å². The average Bonchev–Trinajstić information content (AvgIpc) is 2.93. The molecule has 1 atom stereocenters. The van der Waals surface area contributed by atoms with Crippen LogP contribution in [0.1, 0.15) is 36.1 Å². The summed E-state index contributed by atoms with van der Waals surface area (Å²) in [5.41, 5.74) is 3.28. The van der Waals surface area contributed by atoms with Crippen LogP contribution in [0.2, 0.25) is 0 Å². The molecule has 3 amide bonds. The molecule has 3 rings (SSSR count). The number of rotatable bonds is 3. The number of hydrogen-bond donors (Lipinski definition) is 1. The summed E-state index contributed by atoms with van der Waals surface area (Å²) in [7, 11) is 0. The van der Waals surface area contributed by atoms with Crippen molar-refractivity contribution in [2.75, 3.05) is 26.2 Å². The number of carbonyl (C=O) groups excluding carboxylic acids is 2. The molecule has 2 aromatic rings. The van der Waals surface area contributed by atoms with Crippen molar-refractivity contribution in [3.05, 3.63) is 71.3 Å². The molecule has 1 fully saturated rings. The third kappa shape index (κ3) is 4.88. The molecule has 0 bridgehead atoms. The standard InChI is InChI=1S/C22H27N3O2/c1-17-8-6-11-20(16-17)21(19-9-4-3-5-10-19)23-22(27)25-13-7-12-24(14-15-25)18(2)26/h3-6,8-11,16,21H,7,12-15H2,1-2H3,(H,23,27). The molecule has 2 aromatic carbocycles. The zero-order chi connectivity index (χ0) is 19.2. The van der Waals surface area contributed by atoms with Gasteiger partial charge in [0.1, 0.15) is 0 Å². The van der Waals surface area contributed by atoms with Crippen molar-refractivity contribution in [1.82, 2.24) is 15.1 Å². The molecule has 142 valence electrons. The Labute approximate surface area is 161 Å². The first-order valence-corrected chi connectivity index (χ1v) is 9.47. The Morgan fingerprint density at radius 3 is 2.26 bits per heavy atom. The molecule has 27 heavy (non-hydrogen) atoms. The molecule has 0 aliphatic carbocycles. The fraction of sp³-hybridized carbons (Fsp3) is 0.364. The number of aryl methyl sites for hydroxylation is 1. The Balaban J connectivity index is 1.78. The maximum Gasteiger partial charge on any atom is 0.318 e. The van der Waals surface area contributed by atoms with E-state index in [1.54, 1.807) is 6.92 Å². The minimum absolute atomic E-state index is 0.0687. The van der Waals surface area contributed by atoms with Gasteiger partial charge in [-0.2, -0.15) is 0 Å². The third-order valence-electron chi connectivity index (χ3n) is 5.00. The summed E-state index contributed by atoms with van der Waals surface area (Å²) in [6.45, 7) is 6.14. The number of amides is 3. The second-order valence-electron chi connectivity index (χ2n) is 7.05. The van der Waals surface area contributed by atoms with Crippen LogP contribution in [0.5, 0.6) is 0 Å². The highest BCUT2D eigenvalue weighted by Gasteiger charge is 2.23. The van der Waals surface area contributed by atoms with Crippen LogP contribution in [0, 0.1) is 6.92 Å². The molecule has 0 aromatic heterocycles. The highest BCUT2D eigenvalue weighted by atomic mass is 16.2. The van der Waals surface area contributed by atoms with Gasteiger partial charge >= 0.3 is 6.03 Å². The van der Waals surface area contributed by atoms with Gasteiger partial charge in [0.2, 0.25) is 5.91 Å². The second kappa shape index (κ2) is 8.71. The van der Waals surface area contributed by atoms with Gasteiger partial charge in [-0.3, -0.25) is 4.79 Å². The number of nitrogens with zero attached hydrogens (tertiary/aromatic N) is 2. The van der Waals surface area contributed by atoms with E-state index in [-0.39, 0.29) is 18.0 Å². The van der Waals surface area contributed by atoms with Crippen molar-refractivity contribution in [3.8, 4) is 0 Å². The lowest BCUT2D eigenvalue weighted by atomic mass is 9.97. The zero-order valence-electron chi connectivity index (χ0n) is 16.0. The van der Waals surface area contributed by atoms with E-state index >= 15 is 0 Å². The summed E-state index contributed by atoms with van der Waals surface area (Å²) in [4.78, 5) is 28.2. The zero-order valence-corrected chi connectivity index (χ0v) is 16.0. The fourth-order valence-corrected chi connectivity index (χ4v) is 3.50. The SMILES string of the molecule is CC(=O)N1CCCN(C(=O)NC(c2ccccc2)c2cccc(C)c2)CC1. The predicted octanol–water partition coefficient (Wildman–Crippen LogP) is 3.35. The molecule has 0 spiro atoms. The number of urea groups is 1. The highest BCUT2D eigenvalue weighted by molar-refractivity contribution is 5.76. The third-order valence-corrected chi connectivity index (χ3v) is 5.00. The normalized spacial score (nSPS) is 15.8. The van der Waals surface area contributed by atoms with Gasteiger partial charge in [0.25, 0.3) is 0 Å². The van der Waals surface area contributed by atoms with E-state index < -0.39 is 0 Å². The lowest BCUT2D eigenvalue weighted by molar-refractivity contribution is -0.128. The first-order valence-electron chi connectivity index (χ1n) is 9.47. The molecule has 1 aliphatic rings. The summed E-state index contributed by atoms with van der Waals surface area (Å²) in [5.74, 6) is 0.0687. The van der Waals surface area contributed by atoms with Gasteiger partial charge in [-0.25, -0.2) is 4.79 Å². The highest BCUT2D eigenvalue weighted by Crippen LogP contribution is 2.23. The molecule has 1 N–H and O–H groups in total. The van der Waals surface area contributed by atoms with E-state index in [4.69, 9.17) is 0 Å². The number of carbonyl (C=O) groups is 2. The Hall–Kier alpha value is -2.82. The number of hydrogen-bond acceptors (Lipinski definition) is 2. The Morgan fingerprint density at radius 1 is 0.889 bits per heavy atom. The Kier molecular flexibility index (Phi) is 6.12. The Morgan fingerprint density at radius 2 is 1.56 bits per heavy atom. The van der Waals surface area contributed by atoms with E-state index in [9.17, 15) is 9.59 Å². The van der Waals surface area contributed by atoms with Gasteiger partial charge in [-0.1, -0.05) is 60.2 Å². The van der Waals surface area contributed by atoms with Crippen LogP contribution in [0.15, 0.2) is 54.6 Å². The lowest BCUT2D eigenvalue weighted by Gasteiger charge is -2.26. The molecular formula is C22H27N3O2. The van der Waals surface area contributed by atoms with Crippen LogP contribution in [0.25, 0.3) is 0 Å². The van der Waals surface area contributed by atoms with Crippen LogP contribution in [0.3, 0.4) is 0 Å². The monoisotopic (exact) mass is 365 g/mol. The van der Waals surface area contributed by atoms with Crippen LogP contribution < -0.4 is 5.32 Å². The van der Waals surface area contributed by atoms with Gasteiger partial charge < -0.3 is 15.1 Å². The van der Waals surface area contributed by atoms with Crippen molar-refractivity contribution < 1.29 is 9.59 Å². The first kappa shape index (κ1) is 19.0. The molecular weight excluding hydrogens is 338 g/mol. The molecule has 1 unspecified atom stereocenters. The van der Waals surface area contributed by atoms with Crippen molar-refractivity contribution in [1.29, 1.82) is 0 Å². The summed E-state index contributed by atoms with van der Waals surface area (Å²) in [6, 6.07) is 18.0. The number of nitrogens with one attached hydrogen (secondary N) is 1. The van der Waals surface area contributed by atoms with Crippen molar-refractivity contribution in [3.63, 3.8) is 0 Å². The maximum atomic E-state index is 13.0. The van der Waals surface area contributed by atoms with Gasteiger partial charge in [-0.05, 0) is 24.5 Å². The van der Waals surface area contributed by atoms with Crippen molar-refractivity contribution >= 4 is 11.9 Å². The molecule has 1 heterocycles. The maximum absolute atomic E-state index is 13.0. The largest absolute Gasteiger partial charge is 0.341 e. The molecule has 0 radical (unpaired) electrons. The van der Waals surface area contributed by atoms with Crippen LogP contribution in [0.4, 0.5) is 4.79 Å². The molecule has 5 heteroatoms. The molecule has 1 aliphatic heterocycles. The quantitative estimate of drug-likeness (QED) is 0.907. The van der Waals surface area contributed by atoms with Crippen molar-refractivity contribution in [2.45, 2.75) is 26.3 Å². The van der Waals surface area contributed by atoms with E-state index in [0.717, 1.165) is 23.1 Å². The van der Waals surface area contributed by atoms with Crippen LogP contribution >= 0.6 is 0 Å². The minimum Gasteiger partial charge on any atom is -0.341 e. The first-order chi connectivity index (χ1) is 13.0. The average molecular weight is 365 g/mol. The molecule has 1 saturated heterocycles. The smallest absolute Gasteiger partial charge is 0.318 e. The van der Waals surface area contributed by atoms with E-state index in [1.807, 2.05) is 52.3 Å². The van der Waals surface area contributed by atoms with Crippen LogP contribution in [-0.4, -0.2) is 47.9 Å². The predicted molar refractivity (Wildman–Crippen MR) is 106 cm³/mol.